The zero-order valence-corrected chi connectivity index (χ0v) is 17.2. The molecule has 1 aliphatic heterocycles. The average Bonchev–Trinajstić information content (AvgIpc) is 3.41. The molecule has 2 heterocycles. The third-order valence-corrected chi connectivity index (χ3v) is 5.42. The summed E-state index contributed by atoms with van der Waals surface area (Å²) in [5.41, 5.74) is 1.09. The summed E-state index contributed by atoms with van der Waals surface area (Å²) in [6, 6.07) is 5.03. The van der Waals surface area contributed by atoms with Gasteiger partial charge in [-0.1, -0.05) is 13.0 Å². The van der Waals surface area contributed by atoms with E-state index in [1.165, 1.54) is 12.8 Å². The number of ether oxygens (including phenoxy) is 1. The van der Waals surface area contributed by atoms with Crippen molar-refractivity contribution in [2.45, 2.75) is 59.2 Å². The van der Waals surface area contributed by atoms with E-state index in [0.29, 0.717) is 30.4 Å². The van der Waals surface area contributed by atoms with Crippen molar-refractivity contribution in [2.24, 2.45) is 16.8 Å². The van der Waals surface area contributed by atoms with Gasteiger partial charge in [0, 0.05) is 44.0 Å². The molecular formula is C21H35N5O. The Bertz CT molecular complexity index is 612. The van der Waals surface area contributed by atoms with Crippen LogP contribution in [0.15, 0.2) is 23.3 Å². The van der Waals surface area contributed by atoms with E-state index < -0.39 is 0 Å². The average molecular weight is 374 g/mol. The minimum absolute atomic E-state index is 0.432. The molecule has 2 unspecified atom stereocenters. The molecule has 2 aliphatic rings. The first-order valence-electron chi connectivity index (χ1n) is 10.4. The Kier molecular flexibility index (Phi) is 6.94. The Morgan fingerprint density at radius 2 is 2.15 bits per heavy atom. The topological polar surface area (TPSA) is 61.8 Å². The maximum atomic E-state index is 5.70. The second kappa shape index (κ2) is 9.40. The van der Waals surface area contributed by atoms with Gasteiger partial charge in [-0.05, 0) is 51.0 Å². The lowest BCUT2D eigenvalue weighted by molar-refractivity contribution is 0.265. The van der Waals surface area contributed by atoms with Gasteiger partial charge >= 0.3 is 0 Å². The Hall–Kier alpha value is -1.82. The van der Waals surface area contributed by atoms with Gasteiger partial charge < -0.3 is 15.4 Å². The predicted molar refractivity (Wildman–Crippen MR) is 110 cm³/mol. The first-order valence-corrected chi connectivity index (χ1v) is 10.4. The van der Waals surface area contributed by atoms with Crippen LogP contribution in [0.1, 0.15) is 46.1 Å². The Labute approximate surface area is 163 Å². The quantitative estimate of drug-likeness (QED) is 0.542. The van der Waals surface area contributed by atoms with E-state index in [2.05, 4.69) is 54.3 Å². The molecule has 0 amide bonds. The molecule has 1 saturated heterocycles. The fourth-order valence-electron chi connectivity index (χ4n) is 3.36. The lowest BCUT2D eigenvalue weighted by atomic mass is 10.1. The maximum Gasteiger partial charge on any atom is 0.213 e. The number of nitrogens with one attached hydrogen (secondary N) is 2. The van der Waals surface area contributed by atoms with Crippen LogP contribution in [0.4, 0.5) is 0 Å². The summed E-state index contributed by atoms with van der Waals surface area (Å²) in [4.78, 5) is 11.7. The lowest BCUT2D eigenvalue weighted by Gasteiger charge is -2.22. The summed E-state index contributed by atoms with van der Waals surface area (Å²) < 4.78 is 5.70. The van der Waals surface area contributed by atoms with Crippen molar-refractivity contribution < 1.29 is 4.74 Å². The number of pyridine rings is 1. The van der Waals surface area contributed by atoms with Gasteiger partial charge in [-0.3, -0.25) is 4.90 Å². The first-order chi connectivity index (χ1) is 13.0. The van der Waals surface area contributed by atoms with Crippen LogP contribution in [-0.2, 0) is 6.54 Å². The molecular weight excluding hydrogens is 338 g/mol. The van der Waals surface area contributed by atoms with Gasteiger partial charge in [-0.15, -0.1) is 0 Å². The summed E-state index contributed by atoms with van der Waals surface area (Å²) in [5, 5.41) is 7.00. The SMILES string of the molecule is CCNC(=NCc1ccc(OCC2CC2)nc1)NC1CN(C(C)C)CC1C. The van der Waals surface area contributed by atoms with Gasteiger partial charge in [0.05, 0.1) is 13.2 Å². The number of hydrogen-bond acceptors (Lipinski definition) is 4. The third kappa shape index (κ3) is 6.09. The highest BCUT2D eigenvalue weighted by atomic mass is 16.5. The van der Waals surface area contributed by atoms with E-state index in [-0.39, 0.29) is 0 Å². The second-order valence-corrected chi connectivity index (χ2v) is 8.23. The largest absolute Gasteiger partial charge is 0.477 e. The molecule has 150 valence electrons. The highest BCUT2D eigenvalue weighted by Gasteiger charge is 2.31. The number of likely N-dealkylation sites (tertiary alicyclic amines) is 1. The van der Waals surface area contributed by atoms with Crippen molar-refractivity contribution in [1.82, 2.24) is 20.5 Å². The highest BCUT2D eigenvalue weighted by Crippen LogP contribution is 2.29. The molecule has 6 heteroatoms. The molecule has 1 saturated carbocycles. The zero-order chi connectivity index (χ0) is 19.2. The fraction of sp³-hybridized carbons (Fsp3) is 0.714. The summed E-state index contributed by atoms with van der Waals surface area (Å²) in [6.07, 6.45) is 4.46. The van der Waals surface area contributed by atoms with Crippen molar-refractivity contribution in [3.63, 3.8) is 0 Å². The van der Waals surface area contributed by atoms with E-state index in [4.69, 9.17) is 9.73 Å². The molecule has 1 aromatic rings. The molecule has 0 spiro atoms. The zero-order valence-electron chi connectivity index (χ0n) is 17.2. The summed E-state index contributed by atoms with van der Waals surface area (Å²) in [5.74, 6) is 2.96. The molecule has 0 radical (unpaired) electrons. The monoisotopic (exact) mass is 373 g/mol. The molecule has 6 nitrogen and oxygen atoms in total. The van der Waals surface area contributed by atoms with Gasteiger partial charge in [0.25, 0.3) is 0 Å². The van der Waals surface area contributed by atoms with Crippen molar-refractivity contribution in [2.75, 3.05) is 26.2 Å². The molecule has 2 atom stereocenters. The molecule has 0 aromatic carbocycles. The van der Waals surface area contributed by atoms with Gasteiger partial charge in [-0.2, -0.15) is 0 Å². The van der Waals surface area contributed by atoms with Gasteiger partial charge in [0.15, 0.2) is 5.96 Å². The molecule has 2 N–H and O–H groups in total. The lowest BCUT2D eigenvalue weighted by Crippen LogP contribution is -2.46. The number of guanidine groups is 1. The smallest absolute Gasteiger partial charge is 0.213 e. The minimum atomic E-state index is 0.432. The predicted octanol–water partition coefficient (Wildman–Crippen LogP) is 2.65. The Morgan fingerprint density at radius 1 is 1.33 bits per heavy atom. The normalized spacial score (nSPS) is 23.7. The molecule has 1 aliphatic carbocycles. The van der Waals surface area contributed by atoms with Crippen LogP contribution in [0, 0.1) is 11.8 Å². The minimum Gasteiger partial charge on any atom is -0.477 e. The first kappa shape index (κ1) is 19.9. The number of rotatable bonds is 8. The standard InChI is InChI=1S/C21H35N5O/c1-5-22-21(25-19-13-26(15(2)3)12-16(19)4)24-11-18-8-9-20(23-10-18)27-14-17-6-7-17/h8-10,15-17,19H,5-7,11-14H2,1-4H3,(H2,22,24,25). The van der Waals surface area contributed by atoms with Crippen LogP contribution in [0.25, 0.3) is 0 Å². The Morgan fingerprint density at radius 3 is 2.74 bits per heavy atom. The van der Waals surface area contributed by atoms with Gasteiger partial charge in [0.2, 0.25) is 5.88 Å². The van der Waals surface area contributed by atoms with Crippen LogP contribution < -0.4 is 15.4 Å². The molecule has 2 fully saturated rings. The number of aliphatic imine (C=N–C) groups is 1. The second-order valence-electron chi connectivity index (χ2n) is 8.23. The van der Waals surface area contributed by atoms with E-state index in [1.807, 2.05) is 12.3 Å². The fourth-order valence-corrected chi connectivity index (χ4v) is 3.36. The molecule has 1 aromatic heterocycles. The number of aromatic nitrogens is 1. The van der Waals surface area contributed by atoms with Crippen LogP contribution in [0.5, 0.6) is 5.88 Å². The molecule has 27 heavy (non-hydrogen) atoms. The van der Waals surface area contributed by atoms with E-state index >= 15 is 0 Å². The van der Waals surface area contributed by atoms with Crippen molar-refractivity contribution in [3.8, 4) is 5.88 Å². The summed E-state index contributed by atoms with van der Waals surface area (Å²) >= 11 is 0. The van der Waals surface area contributed by atoms with Gasteiger partial charge in [-0.25, -0.2) is 9.98 Å². The van der Waals surface area contributed by atoms with Crippen molar-refractivity contribution in [1.29, 1.82) is 0 Å². The highest BCUT2D eigenvalue weighted by molar-refractivity contribution is 5.80. The third-order valence-electron chi connectivity index (χ3n) is 5.42. The van der Waals surface area contributed by atoms with E-state index in [1.54, 1.807) is 0 Å². The summed E-state index contributed by atoms with van der Waals surface area (Å²) in [6.45, 7) is 13.4. The van der Waals surface area contributed by atoms with E-state index in [9.17, 15) is 0 Å². The van der Waals surface area contributed by atoms with Crippen LogP contribution >= 0.6 is 0 Å². The number of nitrogens with zero attached hydrogens (tertiary/aromatic N) is 3. The van der Waals surface area contributed by atoms with Crippen molar-refractivity contribution >= 4 is 5.96 Å². The molecule has 3 rings (SSSR count). The van der Waals surface area contributed by atoms with Crippen LogP contribution in [-0.4, -0.2) is 54.2 Å². The van der Waals surface area contributed by atoms with E-state index in [0.717, 1.165) is 43.7 Å². The van der Waals surface area contributed by atoms with Crippen LogP contribution in [0.3, 0.4) is 0 Å². The van der Waals surface area contributed by atoms with Crippen molar-refractivity contribution in [3.05, 3.63) is 23.9 Å². The molecule has 0 bridgehead atoms. The summed E-state index contributed by atoms with van der Waals surface area (Å²) in [7, 11) is 0. The number of hydrogen-bond donors (Lipinski definition) is 2. The maximum absolute atomic E-state index is 5.70. The Balaban J connectivity index is 1.53. The van der Waals surface area contributed by atoms with Gasteiger partial charge in [0.1, 0.15) is 0 Å². The van der Waals surface area contributed by atoms with Crippen LogP contribution in [0.2, 0.25) is 0 Å².